The molecule has 1 aliphatic carbocycles. The Bertz CT molecular complexity index is 972. The number of nitrogens with zero attached hydrogens (tertiary/aromatic N) is 2. The molecule has 8 heteroatoms. The van der Waals surface area contributed by atoms with Gasteiger partial charge in [-0.05, 0) is 35.6 Å². The second-order valence-corrected chi connectivity index (χ2v) is 6.69. The van der Waals surface area contributed by atoms with E-state index < -0.39 is 9.85 Å². The molecule has 1 aliphatic heterocycles. The molecule has 2 aliphatic rings. The zero-order valence-corrected chi connectivity index (χ0v) is 14.5. The predicted molar refractivity (Wildman–Crippen MR) is 99.1 cm³/mol. The summed E-state index contributed by atoms with van der Waals surface area (Å²) in [5, 5.41) is 25.9. The van der Waals surface area contributed by atoms with Crippen molar-refractivity contribution in [2.24, 2.45) is 5.92 Å². The normalized spacial score (nSPS) is 22.5. The molecule has 0 unspecified atom stereocenters. The number of anilines is 1. The van der Waals surface area contributed by atoms with E-state index in [1.807, 2.05) is 6.07 Å². The number of hydrogen-bond donors (Lipinski definition) is 1. The number of hydrogen-bond acceptors (Lipinski definition) is 6. The standard InChI is InChI=1S/C19H17N3O5/c1-27-18-8-5-11(9-17(18)22(25)26)19-14-4-2-3-13(14)15-10-12(21(23)24)6-7-16(15)20-19/h2-3,5-10,13-14,19-20H,4H2,1H3/t13-,14-,19+/m1/s1. The molecule has 1 N–H and O–H groups in total. The Balaban J connectivity index is 1.77. The lowest BCUT2D eigenvalue weighted by Crippen LogP contribution is -2.29. The van der Waals surface area contributed by atoms with Gasteiger partial charge in [-0.2, -0.15) is 0 Å². The number of allylic oxidation sites excluding steroid dienone is 2. The van der Waals surface area contributed by atoms with E-state index in [9.17, 15) is 20.2 Å². The number of nitro benzene ring substituents is 2. The van der Waals surface area contributed by atoms with Gasteiger partial charge in [0.15, 0.2) is 5.75 Å². The molecule has 0 saturated carbocycles. The van der Waals surface area contributed by atoms with Crippen molar-refractivity contribution in [3.8, 4) is 5.75 Å². The van der Waals surface area contributed by atoms with Gasteiger partial charge in [-0.25, -0.2) is 0 Å². The molecule has 3 atom stereocenters. The minimum atomic E-state index is -0.452. The molecule has 8 nitrogen and oxygen atoms in total. The Morgan fingerprint density at radius 3 is 2.63 bits per heavy atom. The van der Waals surface area contributed by atoms with Crippen LogP contribution >= 0.6 is 0 Å². The van der Waals surface area contributed by atoms with Crippen LogP contribution in [-0.4, -0.2) is 17.0 Å². The summed E-state index contributed by atoms with van der Waals surface area (Å²) < 4.78 is 5.09. The number of ether oxygens (including phenoxy) is 1. The third-order valence-corrected chi connectivity index (χ3v) is 5.32. The highest BCUT2D eigenvalue weighted by Crippen LogP contribution is 2.51. The predicted octanol–water partition coefficient (Wildman–Crippen LogP) is 4.34. The van der Waals surface area contributed by atoms with Crippen LogP contribution in [0.5, 0.6) is 5.75 Å². The van der Waals surface area contributed by atoms with Crippen LogP contribution in [0.3, 0.4) is 0 Å². The summed E-state index contributed by atoms with van der Waals surface area (Å²) in [4.78, 5) is 21.6. The number of methoxy groups -OCH3 is 1. The SMILES string of the molecule is COc1ccc([C@@H]2Nc3ccc([N+](=O)[O-])cc3[C@@H]3C=CC[C@H]32)cc1[N+](=O)[O-]. The van der Waals surface area contributed by atoms with Crippen LogP contribution in [-0.2, 0) is 0 Å². The minimum absolute atomic E-state index is 0.0345. The van der Waals surface area contributed by atoms with E-state index in [0.29, 0.717) is 0 Å². The van der Waals surface area contributed by atoms with Gasteiger partial charge in [-0.3, -0.25) is 20.2 Å². The van der Waals surface area contributed by atoms with Gasteiger partial charge >= 0.3 is 5.69 Å². The van der Waals surface area contributed by atoms with E-state index in [-0.39, 0.29) is 35.0 Å². The van der Waals surface area contributed by atoms with Crippen LogP contribution in [0.2, 0.25) is 0 Å². The maximum Gasteiger partial charge on any atom is 0.311 e. The van der Waals surface area contributed by atoms with Crippen molar-refractivity contribution in [1.82, 2.24) is 0 Å². The lowest BCUT2D eigenvalue weighted by molar-refractivity contribution is -0.385. The summed E-state index contributed by atoms with van der Waals surface area (Å²) >= 11 is 0. The second-order valence-electron chi connectivity index (χ2n) is 6.69. The zero-order valence-electron chi connectivity index (χ0n) is 14.5. The highest BCUT2D eigenvalue weighted by atomic mass is 16.6. The van der Waals surface area contributed by atoms with E-state index in [4.69, 9.17) is 4.74 Å². The molecule has 1 heterocycles. The third kappa shape index (κ3) is 2.79. The van der Waals surface area contributed by atoms with Gasteiger partial charge < -0.3 is 10.1 Å². The summed E-state index contributed by atoms with van der Waals surface area (Å²) in [6.45, 7) is 0. The van der Waals surface area contributed by atoms with Gasteiger partial charge in [0.25, 0.3) is 5.69 Å². The Morgan fingerprint density at radius 1 is 1.11 bits per heavy atom. The lowest BCUT2D eigenvalue weighted by Gasteiger charge is -2.37. The van der Waals surface area contributed by atoms with Gasteiger partial charge in [-0.15, -0.1) is 0 Å². The number of benzene rings is 2. The maximum atomic E-state index is 11.4. The fourth-order valence-electron chi connectivity index (χ4n) is 4.07. The highest BCUT2D eigenvalue weighted by Gasteiger charge is 2.39. The molecule has 4 rings (SSSR count). The van der Waals surface area contributed by atoms with Crippen LogP contribution in [0.1, 0.15) is 29.5 Å². The Hall–Kier alpha value is -3.42. The molecule has 27 heavy (non-hydrogen) atoms. The summed E-state index contributed by atoms with van der Waals surface area (Å²) in [6, 6.07) is 9.64. The van der Waals surface area contributed by atoms with Gasteiger partial charge in [0, 0.05) is 29.8 Å². The van der Waals surface area contributed by atoms with Crippen molar-refractivity contribution >= 4 is 17.1 Å². The Kier molecular flexibility index (Phi) is 4.02. The number of rotatable bonds is 4. The number of fused-ring (bicyclic) bond motifs is 3. The second kappa shape index (κ2) is 6.39. The van der Waals surface area contributed by atoms with Crippen LogP contribution in [0.25, 0.3) is 0 Å². The van der Waals surface area contributed by atoms with Gasteiger partial charge in [-0.1, -0.05) is 18.2 Å². The van der Waals surface area contributed by atoms with Crippen molar-refractivity contribution < 1.29 is 14.6 Å². The quantitative estimate of drug-likeness (QED) is 0.489. The van der Waals surface area contributed by atoms with Crippen LogP contribution in [0.15, 0.2) is 48.6 Å². The average molecular weight is 367 g/mol. The van der Waals surface area contributed by atoms with Crippen molar-refractivity contribution in [2.45, 2.75) is 18.4 Å². The van der Waals surface area contributed by atoms with E-state index in [2.05, 4.69) is 17.5 Å². The molecule has 0 fully saturated rings. The van der Waals surface area contributed by atoms with Crippen LogP contribution < -0.4 is 10.1 Å². The molecule has 0 bridgehead atoms. The molecule has 138 valence electrons. The minimum Gasteiger partial charge on any atom is -0.490 e. The van der Waals surface area contributed by atoms with Crippen molar-refractivity contribution in [2.75, 3.05) is 12.4 Å². The third-order valence-electron chi connectivity index (χ3n) is 5.32. The molecule has 2 aromatic rings. The summed E-state index contributed by atoms with van der Waals surface area (Å²) in [7, 11) is 1.40. The monoisotopic (exact) mass is 367 g/mol. The molecule has 0 amide bonds. The van der Waals surface area contributed by atoms with Gasteiger partial charge in [0.1, 0.15) is 0 Å². The smallest absolute Gasteiger partial charge is 0.311 e. The zero-order chi connectivity index (χ0) is 19.1. The first-order valence-corrected chi connectivity index (χ1v) is 8.53. The Labute approximate surface area is 154 Å². The molecule has 0 spiro atoms. The first kappa shape index (κ1) is 17.0. The fraction of sp³-hybridized carbons (Fsp3) is 0.263. The molecule has 2 aromatic carbocycles. The maximum absolute atomic E-state index is 11.4. The van der Waals surface area contributed by atoms with Crippen molar-refractivity contribution in [3.05, 3.63) is 79.9 Å². The van der Waals surface area contributed by atoms with Crippen LogP contribution in [0, 0.1) is 26.1 Å². The number of non-ortho nitro benzene ring substituents is 1. The average Bonchev–Trinajstić information content (AvgIpc) is 3.16. The van der Waals surface area contributed by atoms with E-state index >= 15 is 0 Å². The highest BCUT2D eigenvalue weighted by molar-refractivity contribution is 5.63. The summed E-state index contributed by atoms with van der Waals surface area (Å²) in [5.41, 5.74) is 2.49. The molecule has 0 radical (unpaired) electrons. The first-order valence-electron chi connectivity index (χ1n) is 8.53. The summed E-state index contributed by atoms with van der Waals surface area (Å²) in [5.74, 6) is 0.386. The number of nitro groups is 2. The molecular weight excluding hydrogens is 350 g/mol. The van der Waals surface area contributed by atoms with Crippen molar-refractivity contribution in [3.63, 3.8) is 0 Å². The Morgan fingerprint density at radius 2 is 1.93 bits per heavy atom. The van der Waals surface area contributed by atoms with E-state index in [1.165, 1.54) is 13.2 Å². The van der Waals surface area contributed by atoms with E-state index in [1.54, 1.807) is 24.3 Å². The van der Waals surface area contributed by atoms with Crippen molar-refractivity contribution in [1.29, 1.82) is 0 Å². The molecular formula is C19H17N3O5. The number of nitrogens with one attached hydrogen (secondary N) is 1. The van der Waals surface area contributed by atoms with E-state index in [0.717, 1.165) is 23.2 Å². The lowest BCUT2D eigenvalue weighted by atomic mass is 9.77. The van der Waals surface area contributed by atoms with Gasteiger partial charge in [0.2, 0.25) is 0 Å². The largest absolute Gasteiger partial charge is 0.490 e. The van der Waals surface area contributed by atoms with Gasteiger partial charge in [0.05, 0.1) is 23.0 Å². The fourth-order valence-corrected chi connectivity index (χ4v) is 4.07. The summed E-state index contributed by atoms with van der Waals surface area (Å²) in [6.07, 6.45) is 4.93. The molecule has 0 aromatic heterocycles. The topological polar surface area (TPSA) is 108 Å². The molecule has 0 saturated heterocycles. The first-order chi connectivity index (χ1) is 13.0. The van der Waals surface area contributed by atoms with Crippen LogP contribution in [0.4, 0.5) is 17.1 Å².